The van der Waals surface area contributed by atoms with Gasteiger partial charge in [0, 0.05) is 15.7 Å². The Bertz CT molecular complexity index is 495. The summed E-state index contributed by atoms with van der Waals surface area (Å²) in [5.74, 6) is 3.35. The van der Waals surface area contributed by atoms with Gasteiger partial charge in [0.2, 0.25) is 0 Å². The van der Waals surface area contributed by atoms with Crippen LogP contribution in [0.4, 0.5) is 5.69 Å². The molecule has 0 fully saturated rings. The lowest BCUT2D eigenvalue weighted by Gasteiger charge is -2.20. The minimum absolute atomic E-state index is 0.614. The van der Waals surface area contributed by atoms with E-state index in [2.05, 4.69) is 60.9 Å². The Hall–Kier alpha value is -0.513. The number of nitrogens with two attached hydrogens (primary N) is 1. The molecule has 116 valence electrons. The summed E-state index contributed by atoms with van der Waals surface area (Å²) >= 11 is 2.27. The zero-order valence-electron chi connectivity index (χ0n) is 13.3. The summed E-state index contributed by atoms with van der Waals surface area (Å²) in [7, 11) is -1.29. The monoisotopic (exact) mass is 415 g/mol. The standard InChI is InChI=1S/C17H26INOSi/c1-4-21(5-2,6-3)13-8-7-12-20-14-15-10-9-11-16(19)17(15)18/h9-11H,4-7,12,14,19H2,1-3H3. The van der Waals surface area contributed by atoms with Crippen molar-refractivity contribution < 1.29 is 4.74 Å². The molecule has 0 aromatic heterocycles. The first-order valence-electron chi connectivity index (χ1n) is 7.69. The lowest BCUT2D eigenvalue weighted by atomic mass is 10.2. The average molecular weight is 415 g/mol. The van der Waals surface area contributed by atoms with Gasteiger partial charge in [-0.05, 0) is 52.4 Å². The number of hydrogen-bond acceptors (Lipinski definition) is 2. The quantitative estimate of drug-likeness (QED) is 0.228. The van der Waals surface area contributed by atoms with Gasteiger partial charge in [-0.2, -0.15) is 0 Å². The predicted octanol–water partition coefficient (Wildman–Crippen LogP) is 4.83. The van der Waals surface area contributed by atoms with Crippen LogP contribution in [0.3, 0.4) is 0 Å². The van der Waals surface area contributed by atoms with E-state index in [0.717, 1.165) is 21.2 Å². The van der Waals surface area contributed by atoms with E-state index in [4.69, 9.17) is 10.5 Å². The zero-order chi connectivity index (χ0) is 15.7. The van der Waals surface area contributed by atoms with E-state index in [1.807, 2.05) is 12.1 Å². The van der Waals surface area contributed by atoms with Gasteiger partial charge in [0.15, 0.2) is 0 Å². The molecule has 0 amide bonds. The summed E-state index contributed by atoms with van der Waals surface area (Å²) in [5, 5.41) is 0. The van der Waals surface area contributed by atoms with E-state index in [9.17, 15) is 0 Å². The first kappa shape index (κ1) is 18.5. The minimum Gasteiger partial charge on any atom is -0.398 e. The van der Waals surface area contributed by atoms with Crippen LogP contribution in [0, 0.1) is 15.0 Å². The molecule has 0 atom stereocenters. The van der Waals surface area contributed by atoms with Gasteiger partial charge in [-0.3, -0.25) is 0 Å². The number of rotatable bonds is 7. The smallest absolute Gasteiger partial charge is 0.137 e. The van der Waals surface area contributed by atoms with Crippen LogP contribution in [0.1, 0.15) is 32.8 Å². The lowest BCUT2D eigenvalue weighted by molar-refractivity contribution is 0.126. The van der Waals surface area contributed by atoms with Crippen molar-refractivity contribution in [3.05, 3.63) is 27.3 Å². The Kier molecular flexibility index (Phi) is 8.38. The Labute approximate surface area is 144 Å². The molecule has 0 aliphatic rings. The van der Waals surface area contributed by atoms with Gasteiger partial charge in [0.1, 0.15) is 8.07 Å². The van der Waals surface area contributed by atoms with E-state index < -0.39 is 8.07 Å². The summed E-state index contributed by atoms with van der Waals surface area (Å²) in [6, 6.07) is 9.73. The van der Waals surface area contributed by atoms with Crippen molar-refractivity contribution in [1.82, 2.24) is 0 Å². The number of benzene rings is 1. The van der Waals surface area contributed by atoms with Gasteiger partial charge < -0.3 is 10.5 Å². The normalized spacial score (nSPS) is 11.0. The second kappa shape index (κ2) is 9.49. The van der Waals surface area contributed by atoms with Crippen LogP contribution in [0.5, 0.6) is 0 Å². The highest BCUT2D eigenvalue weighted by Gasteiger charge is 2.23. The summed E-state index contributed by atoms with van der Waals surface area (Å²) in [6.07, 6.45) is 0.827. The summed E-state index contributed by atoms with van der Waals surface area (Å²) in [6.45, 7) is 8.16. The van der Waals surface area contributed by atoms with Gasteiger partial charge in [-0.25, -0.2) is 0 Å². The summed E-state index contributed by atoms with van der Waals surface area (Å²) in [4.78, 5) is 0. The third-order valence-corrected chi connectivity index (χ3v) is 10.2. The van der Waals surface area contributed by atoms with Crippen molar-refractivity contribution in [3.8, 4) is 11.5 Å². The molecule has 1 aromatic carbocycles. The Morgan fingerprint density at radius 3 is 2.48 bits per heavy atom. The molecule has 21 heavy (non-hydrogen) atoms. The molecule has 1 aromatic rings. The highest BCUT2D eigenvalue weighted by atomic mass is 127. The molecule has 2 nitrogen and oxygen atoms in total. The number of hydrogen-bond donors (Lipinski definition) is 1. The van der Waals surface area contributed by atoms with Crippen molar-refractivity contribution in [2.45, 2.75) is 51.9 Å². The average Bonchev–Trinajstić information content (AvgIpc) is 2.51. The number of halogens is 1. The molecule has 0 heterocycles. The minimum atomic E-state index is -1.29. The van der Waals surface area contributed by atoms with E-state index >= 15 is 0 Å². The van der Waals surface area contributed by atoms with Gasteiger partial charge in [0.25, 0.3) is 0 Å². The Morgan fingerprint density at radius 2 is 1.86 bits per heavy atom. The van der Waals surface area contributed by atoms with Gasteiger partial charge in [-0.1, -0.05) is 32.9 Å². The highest BCUT2D eigenvalue weighted by molar-refractivity contribution is 14.1. The fourth-order valence-electron chi connectivity index (χ4n) is 2.28. The van der Waals surface area contributed by atoms with Crippen molar-refractivity contribution >= 4 is 36.4 Å². The maximum atomic E-state index is 5.89. The second-order valence-corrected chi connectivity index (χ2v) is 11.3. The molecule has 1 rings (SSSR count). The third kappa shape index (κ3) is 5.65. The van der Waals surface area contributed by atoms with Gasteiger partial charge in [-0.15, -0.1) is 11.5 Å². The van der Waals surface area contributed by atoms with Crippen molar-refractivity contribution in [2.75, 3.05) is 12.3 Å². The van der Waals surface area contributed by atoms with Crippen LogP contribution in [0.25, 0.3) is 0 Å². The topological polar surface area (TPSA) is 35.2 Å². The first-order chi connectivity index (χ1) is 10.1. The molecule has 0 aliphatic carbocycles. The van der Waals surface area contributed by atoms with Crippen molar-refractivity contribution in [3.63, 3.8) is 0 Å². The zero-order valence-corrected chi connectivity index (χ0v) is 16.5. The third-order valence-electron chi connectivity index (χ3n) is 4.12. The van der Waals surface area contributed by atoms with Gasteiger partial charge >= 0.3 is 0 Å². The molecule has 4 heteroatoms. The first-order valence-corrected chi connectivity index (χ1v) is 11.4. The largest absolute Gasteiger partial charge is 0.398 e. The van der Waals surface area contributed by atoms with Crippen LogP contribution >= 0.6 is 22.6 Å². The number of ether oxygens (including phenoxy) is 1. The molecule has 0 aliphatic heterocycles. The molecule has 0 spiro atoms. The maximum absolute atomic E-state index is 5.89. The van der Waals surface area contributed by atoms with E-state index in [1.165, 1.54) is 18.1 Å². The van der Waals surface area contributed by atoms with E-state index in [-0.39, 0.29) is 0 Å². The molecular formula is C17H26INOSi. The lowest BCUT2D eigenvalue weighted by Crippen LogP contribution is -2.29. The summed E-state index contributed by atoms with van der Waals surface area (Å²) < 4.78 is 6.82. The van der Waals surface area contributed by atoms with Crippen LogP contribution in [0.15, 0.2) is 18.2 Å². The van der Waals surface area contributed by atoms with Crippen molar-refractivity contribution in [2.24, 2.45) is 0 Å². The van der Waals surface area contributed by atoms with E-state index in [0.29, 0.717) is 13.2 Å². The van der Waals surface area contributed by atoms with E-state index in [1.54, 1.807) is 0 Å². The Morgan fingerprint density at radius 1 is 1.19 bits per heavy atom. The van der Waals surface area contributed by atoms with Crippen molar-refractivity contribution in [1.29, 1.82) is 0 Å². The molecule has 2 N–H and O–H groups in total. The number of nitrogen functional groups attached to an aromatic ring is 1. The summed E-state index contributed by atoms with van der Waals surface area (Å²) in [5.41, 5.74) is 11.5. The van der Waals surface area contributed by atoms with Crippen LogP contribution < -0.4 is 5.73 Å². The molecule has 0 saturated heterocycles. The SMILES string of the molecule is CC[Si](C#CCCOCc1cccc(N)c1I)(CC)CC. The molecular weight excluding hydrogens is 389 g/mol. The number of anilines is 1. The predicted molar refractivity (Wildman–Crippen MR) is 103 cm³/mol. The van der Waals surface area contributed by atoms with Gasteiger partial charge in [0.05, 0.1) is 13.2 Å². The maximum Gasteiger partial charge on any atom is 0.137 e. The van der Waals surface area contributed by atoms with Crippen LogP contribution in [-0.4, -0.2) is 14.7 Å². The molecule has 0 radical (unpaired) electrons. The highest BCUT2D eigenvalue weighted by Crippen LogP contribution is 2.20. The second-order valence-electron chi connectivity index (χ2n) is 5.27. The fraction of sp³-hybridized carbons (Fsp3) is 0.529. The Balaban J connectivity index is 2.40. The molecule has 0 saturated carbocycles. The van der Waals surface area contributed by atoms with Crippen LogP contribution in [0.2, 0.25) is 18.1 Å². The molecule has 0 unspecified atom stereocenters. The molecule has 0 bridgehead atoms. The van der Waals surface area contributed by atoms with Crippen LogP contribution in [-0.2, 0) is 11.3 Å². The fourth-order valence-corrected chi connectivity index (χ4v) is 5.33.